The Morgan fingerprint density at radius 2 is 1.85 bits per heavy atom. The van der Waals surface area contributed by atoms with Crippen LogP contribution < -0.4 is 9.46 Å². The summed E-state index contributed by atoms with van der Waals surface area (Å²) in [5, 5.41) is 2.01. The van der Waals surface area contributed by atoms with Gasteiger partial charge in [0.2, 0.25) is 15.9 Å². The van der Waals surface area contributed by atoms with E-state index in [0.717, 1.165) is 51.2 Å². The minimum atomic E-state index is -3.53. The molecule has 0 unspecified atom stereocenters. The van der Waals surface area contributed by atoms with E-state index < -0.39 is 21.2 Å². The molecule has 1 amide bonds. The minimum Gasteiger partial charge on any atom is -0.494 e. The molecule has 1 fully saturated rings. The average molecular weight is 523 g/mol. The van der Waals surface area contributed by atoms with Crippen molar-refractivity contribution in [3.63, 3.8) is 0 Å². The zero-order valence-corrected chi connectivity index (χ0v) is 21.6. The van der Waals surface area contributed by atoms with Crippen LogP contribution in [0.3, 0.4) is 0 Å². The molecule has 182 valence electrons. The van der Waals surface area contributed by atoms with E-state index in [9.17, 15) is 13.2 Å². The molecule has 0 bridgehead atoms. The van der Waals surface area contributed by atoms with Gasteiger partial charge >= 0.3 is 0 Å². The number of hydrogen-bond acceptors (Lipinski definition) is 4. The Labute approximate surface area is 210 Å². The number of carbonyl (C=O) groups is 1. The summed E-state index contributed by atoms with van der Waals surface area (Å²) in [7, 11) is -3.53. The fourth-order valence-corrected chi connectivity index (χ4v) is 5.68. The molecule has 0 aliphatic heterocycles. The lowest BCUT2D eigenvalue weighted by molar-refractivity contribution is -0.119. The van der Waals surface area contributed by atoms with Gasteiger partial charge in [0.05, 0.1) is 11.9 Å². The summed E-state index contributed by atoms with van der Waals surface area (Å²) in [6.07, 6.45) is 4.92. The van der Waals surface area contributed by atoms with Crippen LogP contribution in [0, 0.1) is 13.8 Å². The SMILES string of the molecule is Cc1cc(OCCCc2cn(CCC(=O)NS(=O)(=O)C3CC3)c3cc(Cl)ccc23)cc(C)c1Cl. The van der Waals surface area contributed by atoms with Gasteiger partial charge < -0.3 is 9.30 Å². The first kappa shape index (κ1) is 24.9. The lowest BCUT2D eigenvalue weighted by atomic mass is 10.1. The van der Waals surface area contributed by atoms with Gasteiger partial charge in [-0.3, -0.25) is 9.52 Å². The summed E-state index contributed by atoms with van der Waals surface area (Å²) in [5.74, 6) is 0.319. The number of hydrogen-bond donors (Lipinski definition) is 1. The van der Waals surface area contributed by atoms with Crippen LogP contribution in [0.5, 0.6) is 5.75 Å². The Bertz CT molecular complexity index is 1310. The number of fused-ring (bicyclic) bond motifs is 1. The van der Waals surface area contributed by atoms with Crippen LogP contribution in [0.2, 0.25) is 10.0 Å². The number of aryl methyl sites for hydroxylation is 4. The normalized spacial score (nSPS) is 13.9. The number of carbonyl (C=O) groups excluding carboxylic acids is 1. The van der Waals surface area contributed by atoms with Gasteiger partial charge in [-0.05, 0) is 80.5 Å². The highest BCUT2D eigenvalue weighted by Crippen LogP contribution is 2.29. The predicted molar refractivity (Wildman–Crippen MR) is 136 cm³/mol. The molecule has 4 rings (SSSR count). The number of sulfonamides is 1. The Morgan fingerprint density at radius 3 is 2.53 bits per heavy atom. The van der Waals surface area contributed by atoms with E-state index in [-0.39, 0.29) is 6.42 Å². The number of aromatic nitrogens is 1. The molecular weight excluding hydrogens is 495 g/mol. The number of amides is 1. The van der Waals surface area contributed by atoms with Gasteiger partial charge in [0.25, 0.3) is 0 Å². The third kappa shape index (κ3) is 5.88. The van der Waals surface area contributed by atoms with Gasteiger partial charge in [-0.2, -0.15) is 0 Å². The molecule has 3 aromatic rings. The molecule has 0 atom stereocenters. The number of nitrogens with one attached hydrogen (secondary N) is 1. The van der Waals surface area contributed by atoms with Crippen molar-refractivity contribution in [2.24, 2.45) is 0 Å². The van der Waals surface area contributed by atoms with Crippen LogP contribution in [0.25, 0.3) is 10.9 Å². The van der Waals surface area contributed by atoms with Crippen LogP contribution in [-0.2, 0) is 27.8 Å². The van der Waals surface area contributed by atoms with Crippen molar-refractivity contribution in [3.05, 3.63) is 63.3 Å². The second kappa shape index (κ2) is 10.2. The molecule has 0 spiro atoms. The van der Waals surface area contributed by atoms with E-state index in [1.807, 2.05) is 54.9 Å². The van der Waals surface area contributed by atoms with Crippen LogP contribution in [0.4, 0.5) is 0 Å². The molecule has 9 heteroatoms. The quantitative estimate of drug-likeness (QED) is 0.352. The van der Waals surface area contributed by atoms with Gasteiger partial charge in [0.15, 0.2) is 0 Å². The summed E-state index contributed by atoms with van der Waals surface area (Å²) in [6, 6.07) is 9.58. The Hall–Kier alpha value is -2.22. The molecule has 1 aliphatic rings. The van der Waals surface area contributed by atoms with Gasteiger partial charge in [-0.15, -0.1) is 0 Å². The zero-order chi connectivity index (χ0) is 24.5. The second-order valence-electron chi connectivity index (χ2n) is 8.85. The average Bonchev–Trinajstić information content (AvgIpc) is 3.58. The Kier molecular flexibility index (Phi) is 7.45. The highest BCUT2D eigenvalue weighted by atomic mass is 35.5. The number of nitrogens with zero attached hydrogens (tertiary/aromatic N) is 1. The Balaban J connectivity index is 1.39. The maximum absolute atomic E-state index is 12.2. The molecule has 2 aromatic carbocycles. The highest BCUT2D eigenvalue weighted by Gasteiger charge is 2.36. The number of benzene rings is 2. The van der Waals surface area contributed by atoms with E-state index in [0.29, 0.717) is 31.0 Å². The van der Waals surface area contributed by atoms with Gasteiger partial charge in [-0.25, -0.2) is 8.42 Å². The monoisotopic (exact) mass is 522 g/mol. The van der Waals surface area contributed by atoms with Crippen molar-refractivity contribution in [1.82, 2.24) is 9.29 Å². The molecule has 0 radical (unpaired) electrons. The van der Waals surface area contributed by atoms with E-state index in [1.54, 1.807) is 0 Å². The lowest BCUT2D eigenvalue weighted by Gasteiger charge is -2.10. The second-order valence-corrected chi connectivity index (χ2v) is 11.6. The molecule has 1 heterocycles. The standard InChI is InChI=1S/C25H28Cl2N2O4S/c1-16-12-20(13-17(2)25(16)27)33-11-3-4-18-15-29(23-14-19(26)5-8-22(18)23)10-9-24(30)28-34(31,32)21-6-7-21/h5,8,12-15,21H,3-4,6-7,9-11H2,1-2H3,(H,28,30). The topological polar surface area (TPSA) is 77.4 Å². The van der Waals surface area contributed by atoms with E-state index in [4.69, 9.17) is 27.9 Å². The summed E-state index contributed by atoms with van der Waals surface area (Å²) in [4.78, 5) is 12.2. The molecule has 0 saturated heterocycles. The van der Waals surface area contributed by atoms with E-state index >= 15 is 0 Å². The fraction of sp³-hybridized carbons (Fsp3) is 0.400. The highest BCUT2D eigenvalue weighted by molar-refractivity contribution is 7.90. The molecular formula is C25H28Cl2N2O4S. The maximum Gasteiger partial charge on any atom is 0.237 e. The zero-order valence-electron chi connectivity index (χ0n) is 19.2. The van der Waals surface area contributed by atoms with Crippen molar-refractivity contribution in [2.45, 2.75) is 57.7 Å². The first-order chi connectivity index (χ1) is 16.1. The van der Waals surface area contributed by atoms with Crippen LogP contribution >= 0.6 is 23.2 Å². The van der Waals surface area contributed by atoms with E-state index in [1.165, 1.54) is 0 Å². The van der Waals surface area contributed by atoms with E-state index in [2.05, 4.69) is 4.72 Å². The molecule has 1 saturated carbocycles. The van der Waals surface area contributed by atoms with Crippen molar-refractivity contribution in [1.29, 1.82) is 0 Å². The van der Waals surface area contributed by atoms with Gasteiger partial charge in [0.1, 0.15) is 5.75 Å². The van der Waals surface area contributed by atoms with Gasteiger partial charge in [-0.1, -0.05) is 29.3 Å². The van der Waals surface area contributed by atoms with Crippen molar-refractivity contribution >= 4 is 50.0 Å². The van der Waals surface area contributed by atoms with Crippen LogP contribution in [-0.4, -0.2) is 30.7 Å². The third-order valence-corrected chi connectivity index (χ3v) is 8.69. The molecule has 6 nitrogen and oxygen atoms in total. The molecule has 1 aliphatic carbocycles. The molecule has 34 heavy (non-hydrogen) atoms. The number of rotatable bonds is 10. The van der Waals surface area contributed by atoms with Crippen molar-refractivity contribution in [3.8, 4) is 5.75 Å². The first-order valence-corrected chi connectivity index (χ1v) is 13.7. The number of ether oxygens (including phenoxy) is 1. The first-order valence-electron chi connectivity index (χ1n) is 11.4. The predicted octanol–water partition coefficient (Wildman–Crippen LogP) is 5.58. The number of halogens is 2. The maximum atomic E-state index is 12.2. The van der Waals surface area contributed by atoms with Crippen molar-refractivity contribution in [2.75, 3.05) is 6.61 Å². The summed E-state index contributed by atoms with van der Waals surface area (Å²) in [5.41, 5.74) is 4.03. The Morgan fingerprint density at radius 1 is 1.15 bits per heavy atom. The van der Waals surface area contributed by atoms with Gasteiger partial charge in [0, 0.05) is 40.1 Å². The largest absolute Gasteiger partial charge is 0.494 e. The summed E-state index contributed by atoms with van der Waals surface area (Å²) in [6.45, 7) is 4.85. The van der Waals surface area contributed by atoms with Crippen molar-refractivity contribution < 1.29 is 17.9 Å². The van der Waals surface area contributed by atoms with Crippen LogP contribution in [0.1, 0.15) is 42.4 Å². The molecule has 1 aromatic heterocycles. The third-order valence-electron chi connectivity index (χ3n) is 6.00. The minimum absolute atomic E-state index is 0.0695. The smallest absolute Gasteiger partial charge is 0.237 e. The van der Waals surface area contributed by atoms with Crippen LogP contribution in [0.15, 0.2) is 36.5 Å². The summed E-state index contributed by atoms with van der Waals surface area (Å²) < 4.78 is 34.1. The lowest BCUT2D eigenvalue weighted by Crippen LogP contribution is -2.33. The molecule has 1 N–H and O–H groups in total. The fourth-order valence-electron chi connectivity index (χ4n) is 4.06. The summed E-state index contributed by atoms with van der Waals surface area (Å²) >= 11 is 12.5.